The van der Waals surface area contributed by atoms with E-state index in [4.69, 9.17) is 21.5 Å². The fourth-order valence-corrected chi connectivity index (χ4v) is 3.60. The molecule has 0 fully saturated rings. The number of hydrogen-bond donors (Lipinski definition) is 2. The maximum absolute atomic E-state index is 13.7. The van der Waals surface area contributed by atoms with Crippen LogP contribution in [0.15, 0.2) is 35.2 Å². The molecule has 0 heterocycles. The number of anilines is 1. The number of benzene rings is 2. The van der Waals surface area contributed by atoms with Crippen molar-refractivity contribution >= 4 is 40.2 Å². The number of nitrogens with two attached hydrogens (primary N) is 1. The minimum Gasteiger partial charge on any atom is -0.496 e. The van der Waals surface area contributed by atoms with Gasteiger partial charge in [-0.15, -0.1) is 0 Å². The van der Waals surface area contributed by atoms with Crippen LogP contribution in [0.1, 0.15) is 5.56 Å². The smallest absolute Gasteiger partial charge is 0.145 e. The Morgan fingerprint density at radius 3 is 2.75 bits per heavy atom. The molecule has 0 aliphatic rings. The third-order valence-corrected chi connectivity index (χ3v) is 4.94. The molecule has 3 N–H and O–H groups in total. The van der Waals surface area contributed by atoms with Crippen LogP contribution in [0, 0.1) is 11.6 Å². The lowest BCUT2D eigenvalue weighted by atomic mass is 10.1. The highest BCUT2D eigenvalue weighted by Crippen LogP contribution is 2.27. The number of ether oxygens (including phenoxy) is 1. The highest BCUT2D eigenvalue weighted by atomic mass is 35.5. The van der Waals surface area contributed by atoms with Gasteiger partial charge in [-0.05, 0) is 30.2 Å². The Morgan fingerprint density at radius 2 is 2.08 bits per heavy atom. The van der Waals surface area contributed by atoms with Crippen LogP contribution in [0.5, 0.6) is 5.75 Å². The van der Waals surface area contributed by atoms with Crippen LogP contribution < -0.4 is 14.6 Å². The molecule has 1 atom stereocenters. The van der Waals surface area contributed by atoms with Gasteiger partial charge in [-0.1, -0.05) is 29.6 Å². The van der Waals surface area contributed by atoms with Crippen LogP contribution in [-0.4, -0.2) is 17.1 Å². The van der Waals surface area contributed by atoms with E-state index in [0.29, 0.717) is 29.0 Å². The summed E-state index contributed by atoms with van der Waals surface area (Å²) in [5.41, 5.74) is 1.01. The molecule has 24 heavy (non-hydrogen) atoms. The van der Waals surface area contributed by atoms with E-state index in [2.05, 4.69) is 4.72 Å². The SMILES string of the molecule is COc1cc(Cl)ccc1CCSNc1cc(F)cc(F)c1S(N)=O. The minimum atomic E-state index is -2.06. The van der Waals surface area contributed by atoms with E-state index in [0.717, 1.165) is 11.6 Å². The van der Waals surface area contributed by atoms with Gasteiger partial charge in [0.15, 0.2) is 0 Å². The van der Waals surface area contributed by atoms with E-state index in [1.54, 1.807) is 19.2 Å². The molecule has 0 saturated carbocycles. The molecule has 130 valence electrons. The van der Waals surface area contributed by atoms with Crippen LogP contribution in [0.3, 0.4) is 0 Å². The quantitative estimate of drug-likeness (QED) is 0.554. The fourth-order valence-electron chi connectivity index (χ4n) is 2.06. The molecule has 0 aliphatic carbocycles. The van der Waals surface area contributed by atoms with Gasteiger partial charge in [0.05, 0.1) is 12.8 Å². The van der Waals surface area contributed by atoms with Crippen LogP contribution in [-0.2, 0) is 17.4 Å². The van der Waals surface area contributed by atoms with Crippen LogP contribution >= 0.6 is 23.5 Å². The second-order valence-electron chi connectivity index (χ2n) is 4.72. The predicted octanol–water partition coefficient (Wildman–Crippen LogP) is 3.91. The summed E-state index contributed by atoms with van der Waals surface area (Å²) < 4.78 is 46.5. The predicted molar refractivity (Wildman–Crippen MR) is 94.7 cm³/mol. The zero-order valence-corrected chi connectivity index (χ0v) is 15.0. The van der Waals surface area contributed by atoms with Crippen molar-refractivity contribution in [3.63, 3.8) is 0 Å². The Hall–Kier alpha value is -1.35. The number of hydrogen-bond acceptors (Lipinski definition) is 4. The molecule has 0 aromatic heterocycles. The van der Waals surface area contributed by atoms with Gasteiger partial charge in [-0.25, -0.2) is 18.1 Å². The van der Waals surface area contributed by atoms with E-state index < -0.39 is 22.6 Å². The van der Waals surface area contributed by atoms with Crippen LogP contribution in [0.4, 0.5) is 14.5 Å². The van der Waals surface area contributed by atoms with Crippen molar-refractivity contribution in [2.75, 3.05) is 17.6 Å². The Morgan fingerprint density at radius 1 is 1.33 bits per heavy atom. The van der Waals surface area contributed by atoms with E-state index in [9.17, 15) is 13.0 Å². The maximum atomic E-state index is 13.7. The zero-order chi connectivity index (χ0) is 17.7. The summed E-state index contributed by atoms with van der Waals surface area (Å²) in [5, 5.41) is 5.82. The van der Waals surface area contributed by atoms with Gasteiger partial charge in [0.1, 0.15) is 33.3 Å². The molecule has 4 nitrogen and oxygen atoms in total. The number of methoxy groups -OCH3 is 1. The molecule has 0 spiro atoms. The highest BCUT2D eigenvalue weighted by molar-refractivity contribution is 8.00. The van der Waals surface area contributed by atoms with Crippen molar-refractivity contribution in [1.82, 2.24) is 0 Å². The van der Waals surface area contributed by atoms with E-state index in [-0.39, 0.29) is 10.6 Å². The molecule has 0 aliphatic heterocycles. The number of aryl methyl sites for hydroxylation is 1. The van der Waals surface area contributed by atoms with E-state index in [1.807, 2.05) is 6.07 Å². The van der Waals surface area contributed by atoms with Gasteiger partial charge in [0, 0.05) is 16.8 Å². The molecule has 1 unspecified atom stereocenters. The summed E-state index contributed by atoms with van der Waals surface area (Å²) in [4.78, 5) is -0.257. The van der Waals surface area contributed by atoms with Crippen molar-refractivity contribution in [3.05, 3.63) is 52.6 Å². The highest BCUT2D eigenvalue weighted by Gasteiger charge is 2.15. The fraction of sp³-hybridized carbons (Fsp3) is 0.200. The van der Waals surface area contributed by atoms with Crippen molar-refractivity contribution in [2.24, 2.45) is 5.14 Å². The number of rotatable bonds is 7. The summed E-state index contributed by atoms with van der Waals surface area (Å²) >= 11 is 7.12. The summed E-state index contributed by atoms with van der Waals surface area (Å²) in [5.74, 6) is -0.474. The van der Waals surface area contributed by atoms with Crippen molar-refractivity contribution in [3.8, 4) is 5.75 Å². The molecule has 9 heteroatoms. The second-order valence-corrected chi connectivity index (χ2v) is 7.06. The Kier molecular flexibility index (Phi) is 6.85. The maximum Gasteiger partial charge on any atom is 0.145 e. The summed E-state index contributed by atoms with van der Waals surface area (Å²) in [6.07, 6.45) is 0.636. The standard InChI is InChI=1S/C15H15ClF2N2O2S2/c1-22-14-6-10(16)3-2-9(14)4-5-23-20-13-8-11(17)7-12(18)15(13)24(19)21/h2-3,6-8,20H,4-5,19H2,1H3. The molecule has 0 radical (unpaired) electrons. The first-order valence-corrected chi connectivity index (χ1v) is 9.35. The second kappa shape index (κ2) is 8.66. The molecule has 0 bridgehead atoms. The van der Waals surface area contributed by atoms with Gasteiger partial charge >= 0.3 is 0 Å². The zero-order valence-electron chi connectivity index (χ0n) is 12.6. The van der Waals surface area contributed by atoms with Crippen LogP contribution in [0.2, 0.25) is 5.02 Å². The molecule has 0 saturated heterocycles. The third kappa shape index (κ3) is 4.83. The lowest BCUT2D eigenvalue weighted by Gasteiger charge is -2.12. The molecular weight excluding hydrogens is 378 g/mol. The Labute approximate surface area is 150 Å². The lowest BCUT2D eigenvalue weighted by molar-refractivity contribution is 0.410. The Balaban J connectivity index is 2.02. The first-order chi connectivity index (χ1) is 11.4. The topological polar surface area (TPSA) is 64.3 Å². The first kappa shape index (κ1) is 19.0. The van der Waals surface area contributed by atoms with Crippen molar-refractivity contribution < 1.29 is 17.7 Å². The van der Waals surface area contributed by atoms with Gasteiger partial charge < -0.3 is 9.46 Å². The monoisotopic (exact) mass is 392 g/mol. The molecule has 0 amide bonds. The normalized spacial score (nSPS) is 12.0. The average molecular weight is 393 g/mol. The largest absolute Gasteiger partial charge is 0.496 e. The van der Waals surface area contributed by atoms with Crippen LogP contribution in [0.25, 0.3) is 0 Å². The van der Waals surface area contributed by atoms with Gasteiger partial charge in [0.2, 0.25) is 0 Å². The first-order valence-electron chi connectivity index (χ1n) is 6.77. The molecule has 2 aromatic carbocycles. The minimum absolute atomic E-state index is 0.0569. The van der Waals surface area contributed by atoms with E-state index in [1.165, 1.54) is 11.9 Å². The van der Waals surface area contributed by atoms with Gasteiger partial charge in [0.25, 0.3) is 0 Å². The average Bonchev–Trinajstić information content (AvgIpc) is 2.51. The summed E-state index contributed by atoms with van der Waals surface area (Å²) in [6.45, 7) is 0. The lowest BCUT2D eigenvalue weighted by Crippen LogP contribution is -2.09. The molecule has 2 aromatic rings. The summed E-state index contributed by atoms with van der Waals surface area (Å²) in [6, 6.07) is 7.03. The van der Waals surface area contributed by atoms with Crippen molar-refractivity contribution in [1.29, 1.82) is 0 Å². The van der Waals surface area contributed by atoms with Gasteiger partial charge in [-0.3, -0.25) is 0 Å². The number of halogens is 3. The third-order valence-electron chi connectivity index (χ3n) is 3.11. The number of nitrogens with one attached hydrogen (secondary N) is 1. The van der Waals surface area contributed by atoms with Gasteiger partial charge in [-0.2, -0.15) is 0 Å². The molecular formula is C15H15ClF2N2O2S2. The van der Waals surface area contributed by atoms with E-state index >= 15 is 0 Å². The Bertz CT molecular complexity index is 762. The summed E-state index contributed by atoms with van der Waals surface area (Å²) in [7, 11) is -0.507. The molecule has 2 rings (SSSR count). The van der Waals surface area contributed by atoms with Crippen molar-refractivity contribution in [2.45, 2.75) is 11.3 Å².